The SMILES string of the molecule is N[C@@H](CC(=O)N1CCCC(CCO)C1)Cc1ccccc1F. The van der Waals surface area contributed by atoms with Crippen molar-refractivity contribution in [2.75, 3.05) is 19.7 Å². The van der Waals surface area contributed by atoms with Crippen molar-refractivity contribution in [3.63, 3.8) is 0 Å². The van der Waals surface area contributed by atoms with Gasteiger partial charge in [0.25, 0.3) is 0 Å². The fraction of sp³-hybridized carbons (Fsp3) is 0.588. The average Bonchev–Trinajstić information content (AvgIpc) is 2.50. The molecule has 3 N–H and O–H groups in total. The van der Waals surface area contributed by atoms with E-state index in [1.807, 2.05) is 4.90 Å². The van der Waals surface area contributed by atoms with Gasteiger partial charge in [-0.15, -0.1) is 0 Å². The smallest absolute Gasteiger partial charge is 0.224 e. The Hall–Kier alpha value is -1.46. The minimum Gasteiger partial charge on any atom is -0.396 e. The van der Waals surface area contributed by atoms with E-state index in [1.165, 1.54) is 6.07 Å². The zero-order chi connectivity index (χ0) is 15.9. The van der Waals surface area contributed by atoms with Crippen LogP contribution in [0.1, 0.15) is 31.2 Å². The third-order valence-corrected chi connectivity index (χ3v) is 4.29. The third-order valence-electron chi connectivity index (χ3n) is 4.29. The van der Waals surface area contributed by atoms with Crippen LogP contribution in [0, 0.1) is 11.7 Å². The van der Waals surface area contributed by atoms with Crippen LogP contribution in [0.4, 0.5) is 4.39 Å². The second kappa shape index (κ2) is 8.25. The van der Waals surface area contributed by atoms with Gasteiger partial charge in [0.05, 0.1) is 0 Å². The van der Waals surface area contributed by atoms with E-state index in [0.717, 1.165) is 25.8 Å². The molecule has 2 rings (SSSR count). The molecule has 1 saturated heterocycles. The number of carbonyl (C=O) groups is 1. The average molecular weight is 308 g/mol. The Morgan fingerprint density at radius 3 is 2.95 bits per heavy atom. The molecular formula is C17H25FN2O2. The van der Waals surface area contributed by atoms with Crippen molar-refractivity contribution >= 4 is 5.91 Å². The van der Waals surface area contributed by atoms with Crippen LogP contribution in [-0.4, -0.2) is 41.7 Å². The summed E-state index contributed by atoms with van der Waals surface area (Å²) in [6.45, 7) is 1.62. The number of hydrogen-bond donors (Lipinski definition) is 2. The van der Waals surface area contributed by atoms with E-state index in [1.54, 1.807) is 18.2 Å². The lowest BCUT2D eigenvalue weighted by molar-refractivity contribution is -0.133. The quantitative estimate of drug-likeness (QED) is 0.841. The molecule has 1 heterocycles. The molecule has 1 amide bonds. The Kier molecular flexibility index (Phi) is 6.34. The molecular weight excluding hydrogens is 283 g/mol. The molecule has 5 heteroatoms. The topological polar surface area (TPSA) is 66.6 Å². The van der Waals surface area contributed by atoms with Crippen LogP contribution < -0.4 is 5.73 Å². The van der Waals surface area contributed by atoms with Gasteiger partial charge in [-0.2, -0.15) is 0 Å². The lowest BCUT2D eigenvalue weighted by Crippen LogP contribution is -2.42. The molecule has 0 aliphatic carbocycles. The van der Waals surface area contributed by atoms with Gasteiger partial charge in [-0.3, -0.25) is 4.79 Å². The predicted molar refractivity (Wildman–Crippen MR) is 83.7 cm³/mol. The van der Waals surface area contributed by atoms with Crippen LogP contribution in [0.5, 0.6) is 0 Å². The molecule has 1 aliphatic heterocycles. The van der Waals surface area contributed by atoms with E-state index in [2.05, 4.69) is 0 Å². The number of amides is 1. The van der Waals surface area contributed by atoms with Crippen molar-refractivity contribution < 1.29 is 14.3 Å². The highest BCUT2D eigenvalue weighted by molar-refractivity contribution is 5.77. The molecule has 1 aromatic carbocycles. The Balaban J connectivity index is 1.84. The number of piperidine rings is 1. The van der Waals surface area contributed by atoms with Crippen LogP contribution in [-0.2, 0) is 11.2 Å². The van der Waals surface area contributed by atoms with Gasteiger partial charge >= 0.3 is 0 Å². The van der Waals surface area contributed by atoms with Gasteiger partial charge in [0, 0.05) is 32.2 Å². The number of aliphatic hydroxyl groups excluding tert-OH is 1. The second-order valence-corrected chi connectivity index (χ2v) is 6.12. The number of carbonyl (C=O) groups excluding carboxylic acids is 1. The van der Waals surface area contributed by atoms with E-state index in [9.17, 15) is 9.18 Å². The molecule has 22 heavy (non-hydrogen) atoms. The van der Waals surface area contributed by atoms with E-state index >= 15 is 0 Å². The maximum atomic E-state index is 13.6. The molecule has 1 aliphatic rings. The summed E-state index contributed by atoms with van der Waals surface area (Å²) in [6.07, 6.45) is 3.38. The minimum atomic E-state index is -0.373. The van der Waals surface area contributed by atoms with Crippen molar-refractivity contribution in [3.8, 4) is 0 Å². The van der Waals surface area contributed by atoms with E-state index in [-0.39, 0.29) is 30.8 Å². The molecule has 1 unspecified atom stereocenters. The maximum absolute atomic E-state index is 13.6. The summed E-state index contributed by atoms with van der Waals surface area (Å²) < 4.78 is 13.6. The van der Waals surface area contributed by atoms with Crippen LogP contribution >= 0.6 is 0 Å². The molecule has 0 saturated carbocycles. The van der Waals surface area contributed by atoms with E-state index in [4.69, 9.17) is 10.8 Å². The van der Waals surface area contributed by atoms with Crippen LogP contribution in [0.3, 0.4) is 0 Å². The molecule has 1 aromatic rings. The van der Waals surface area contributed by atoms with Gasteiger partial charge in [-0.25, -0.2) is 4.39 Å². The molecule has 0 radical (unpaired) electrons. The Morgan fingerprint density at radius 1 is 1.45 bits per heavy atom. The first kappa shape index (κ1) is 16.9. The summed E-state index contributed by atoms with van der Waals surface area (Å²) >= 11 is 0. The fourth-order valence-corrected chi connectivity index (χ4v) is 3.08. The highest BCUT2D eigenvalue weighted by Crippen LogP contribution is 2.20. The largest absolute Gasteiger partial charge is 0.396 e. The summed E-state index contributed by atoms with van der Waals surface area (Å²) in [5.41, 5.74) is 6.58. The number of halogens is 1. The van der Waals surface area contributed by atoms with Gasteiger partial charge in [0.1, 0.15) is 5.82 Å². The number of nitrogens with two attached hydrogens (primary N) is 1. The number of nitrogens with zero attached hydrogens (tertiary/aromatic N) is 1. The Labute approximate surface area is 131 Å². The third kappa shape index (κ3) is 4.78. The van der Waals surface area contributed by atoms with Crippen molar-refractivity contribution in [3.05, 3.63) is 35.6 Å². The number of hydrogen-bond acceptors (Lipinski definition) is 3. The summed E-state index contributed by atoms with van der Waals surface area (Å²) in [7, 11) is 0. The number of rotatable bonds is 6. The normalized spacial score (nSPS) is 20.0. The van der Waals surface area contributed by atoms with Gasteiger partial charge in [0.15, 0.2) is 0 Å². The van der Waals surface area contributed by atoms with Gasteiger partial charge < -0.3 is 15.7 Å². The first-order valence-electron chi connectivity index (χ1n) is 7.97. The summed E-state index contributed by atoms with van der Waals surface area (Å²) in [5.74, 6) is 0.142. The monoisotopic (exact) mass is 308 g/mol. The molecule has 1 fully saturated rings. The predicted octanol–water partition coefficient (Wildman–Crippen LogP) is 1.71. The van der Waals surface area contributed by atoms with Crippen molar-refractivity contribution in [2.24, 2.45) is 11.7 Å². The molecule has 4 nitrogen and oxygen atoms in total. The first-order chi connectivity index (χ1) is 10.6. The van der Waals surface area contributed by atoms with Crippen LogP contribution in [0.2, 0.25) is 0 Å². The molecule has 2 atom stereocenters. The minimum absolute atomic E-state index is 0.0338. The lowest BCUT2D eigenvalue weighted by atomic mass is 9.94. The van der Waals surface area contributed by atoms with Crippen LogP contribution in [0.15, 0.2) is 24.3 Å². The second-order valence-electron chi connectivity index (χ2n) is 6.12. The number of aliphatic hydroxyl groups is 1. The number of benzene rings is 1. The highest BCUT2D eigenvalue weighted by atomic mass is 19.1. The van der Waals surface area contributed by atoms with Crippen LogP contribution in [0.25, 0.3) is 0 Å². The number of likely N-dealkylation sites (tertiary alicyclic amines) is 1. The van der Waals surface area contributed by atoms with E-state index in [0.29, 0.717) is 24.4 Å². The van der Waals surface area contributed by atoms with Crippen molar-refractivity contribution in [1.29, 1.82) is 0 Å². The fourth-order valence-electron chi connectivity index (χ4n) is 3.08. The Morgan fingerprint density at radius 2 is 2.23 bits per heavy atom. The molecule has 0 bridgehead atoms. The highest BCUT2D eigenvalue weighted by Gasteiger charge is 2.24. The lowest BCUT2D eigenvalue weighted by Gasteiger charge is -2.33. The zero-order valence-corrected chi connectivity index (χ0v) is 12.9. The molecule has 122 valence electrons. The zero-order valence-electron chi connectivity index (χ0n) is 12.9. The van der Waals surface area contributed by atoms with Gasteiger partial charge in [0.2, 0.25) is 5.91 Å². The maximum Gasteiger partial charge on any atom is 0.224 e. The molecule has 0 spiro atoms. The van der Waals surface area contributed by atoms with Crippen molar-refractivity contribution in [1.82, 2.24) is 4.90 Å². The summed E-state index contributed by atoms with van der Waals surface area (Å²) in [5, 5.41) is 9.02. The van der Waals surface area contributed by atoms with Gasteiger partial charge in [-0.05, 0) is 43.2 Å². The molecule has 0 aromatic heterocycles. The summed E-state index contributed by atoms with van der Waals surface area (Å²) in [6, 6.07) is 6.16. The van der Waals surface area contributed by atoms with Crippen molar-refractivity contribution in [2.45, 2.75) is 38.1 Å². The Bertz CT molecular complexity index is 493. The first-order valence-corrected chi connectivity index (χ1v) is 7.97. The van der Waals surface area contributed by atoms with E-state index < -0.39 is 0 Å². The standard InChI is InChI=1S/C17H25FN2O2/c18-16-6-2-1-5-14(16)10-15(19)11-17(22)20-8-3-4-13(12-20)7-9-21/h1-2,5-6,13,15,21H,3-4,7-12,19H2/t13?,15-/m1/s1. The van der Waals surface area contributed by atoms with Gasteiger partial charge in [-0.1, -0.05) is 18.2 Å². The summed E-state index contributed by atoms with van der Waals surface area (Å²) in [4.78, 5) is 14.2.